The molecule has 1 aromatic rings. The summed E-state index contributed by atoms with van der Waals surface area (Å²) in [6.45, 7) is 5.61. The number of nitrogens with one attached hydrogen (secondary N) is 2. The minimum absolute atomic E-state index is 0. The van der Waals surface area contributed by atoms with Crippen LogP contribution in [0.5, 0.6) is 0 Å². The number of halogens is 3. The molecule has 4 nitrogen and oxygen atoms in total. The lowest BCUT2D eigenvalue weighted by atomic mass is 10.2. The fraction of sp³-hybridized carbons (Fsp3) is 0.588. The minimum atomic E-state index is -0.238. The molecule has 1 unspecified atom stereocenters. The molecule has 2 aliphatic rings. The Morgan fingerprint density at radius 1 is 1.33 bits per heavy atom. The van der Waals surface area contributed by atoms with Gasteiger partial charge in [0.25, 0.3) is 0 Å². The largest absolute Gasteiger partial charge is 0.357 e. The zero-order valence-electron chi connectivity index (χ0n) is 13.9. The van der Waals surface area contributed by atoms with Crippen LogP contribution in [0.15, 0.2) is 27.7 Å². The zero-order chi connectivity index (χ0) is 16.2. The molecule has 0 bridgehead atoms. The van der Waals surface area contributed by atoms with E-state index < -0.39 is 0 Å². The Morgan fingerprint density at radius 3 is 2.79 bits per heavy atom. The Kier molecular flexibility index (Phi) is 7.74. The predicted molar refractivity (Wildman–Crippen MR) is 110 cm³/mol. The summed E-state index contributed by atoms with van der Waals surface area (Å²) in [6, 6.07) is 6.17. The van der Waals surface area contributed by atoms with E-state index in [0.29, 0.717) is 12.6 Å². The summed E-state index contributed by atoms with van der Waals surface area (Å²) in [6.07, 6.45) is 3.87. The smallest absolute Gasteiger partial charge is 0.191 e. The SMILES string of the molecule is CCNC(=NCc1cc(F)cc(Br)c1)NC1CCN(C2CC2)C1.I. The number of nitrogens with zero attached hydrogens (tertiary/aromatic N) is 2. The molecule has 1 aliphatic carbocycles. The number of aliphatic imine (C=N–C) groups is 1. The van der Waals surface area contributed by atoms with E-state index in [1.165, 1.54) is 31.5 Å². The third-order valence-electron chi connectivity index (χ3n) is 4.31. The molecule has 0 spiro atoms. The molecule has 1 saturated carbocycles. The molecule has 1 atom stereocenters. The normalized spacial score (nSPS) is 21.5. The molecule has 1 aromatic carbocycles. The van der Waals surface area contributed by atoms with Gasteiger partial charge in [-0.05, 0) is 49.9 Å². The standard InChI is InChI=1S/C17H24BrFN4.HI/c1-2-20-17(21-10-12-7-13(18)9-14(19)8-12)22-15-5-6-23(11-15)16-3-4-16;/h7-9,15-16H,2-6,10-11H2,1H3,(H2,20,21,22);1H. The molecule has 1 aliphatic heterocycles. The van der Waals surface area contributed by atoms with Crippen molar-refractivity contribution in [1.29, 1.82) is 0 Å². The summed E-state index contributed by atoms with van der Waals surface area (Å²) in [5, 5.41) is 6.80. The number of likely N-dealkylation sites (tertiary alicyclic amines) is 1. The van der Waals surface area contributed by atoms with Gasteiger partial charge in [-0.1, -0.05) is 15.9 Å². The van der Waals surface area contributed by atoms with Crippen molar-refractivity contribution in [3.8, 4) is 0 Å². The van der Waals surface area contributed by atoms with Gasteiger partial charge in [0.15, 0.2) is 5.96 Å². The second kappa shape index (κ2) is 9.33. The Labute approximate surface area is 168 Å². The maximum Gasteiger partial charge on any atom is 0.191 e. The van der Waals surface area contributed by atoms with E-state index in [0.717, 1.165) is 41.5 Å². The topological polar surface area (TPSA) is 39.7 Å². The van der Waals surface area contributed by atoms with Gasteiger partial charge in [-0.2, -0.15) is 0 Å². The lowest BCUT2D eigenvalue weighted by Crippen LogP contribution is -2.44. The van der Waals surface area contributed by atoms with Crippen molar-refractivity contribution in [1.82, 2.24) is 15.5 Å². The Hall–Kier alpha value is -0.410. The fourth-order valence-electron chi connectivity index (χ4n) is 3.06. The van der Waals surface area contributed by atoms with E-state index in [4.69, 9.17) is 0 Å². The summed E-state index contributed by atoms with van der Waals surface area (Å²) in [7, 11) is 0. The van der Waals surface area contributed by atoms with Gasteiger partial charge in [0.2, 0.25) is 0 Å². The molecule has 1 saturated heterocycles. The molecule has 3 rings (SSSR count). The summed E-state index contributed by atoms with van der Waals surface area (Å²) in [4.78, 5) is 7.18. The number of hydrogen-bond donors (Lipinski definition) is 2. The van der Waals surface area contributed by atoms with E-state index in [-0.39, 0.29) is 29.8 Å². The Balaban J connectivity index is 0.00000208. The first kappa shape index (κ1) is 19.9. The molecule has 0 aromatic heterocycles. The van der Waals surface area contributed by atoms with Crippen molar-refractivity contribution in [3.63, 3.8) is 0 Å². The molecule has 0 amide bonds. The van der Waals surface area contributed by atoms with Crippen LogP contribution in [-0.4, -0.2) is 42.6 Å². The van der Waals surface area contributed by atoms with Crippen LogP contribution in [0.25, 0.3) is 0 Å². The maximum atomic E-state index is 13.4. The van der Waals surface area contributed by atoms with Gasteiger partial charge in [0, 0.05) is 36.2 Å². The van der Waals surface area contributed by atoms with Crippen LogP contribution in [0.2, 0.25) is 0 Å². The Bertz CT molecular complexity index is 559. The van der Waals surface area contributed by atoms with Crippen LogP contribution in [0.1, 0.15) is 31.7 Å². The lowest BCUT2D eigenvalue weighted by molar-refractivity contribution is 0.321. The lowest BCUT2D eigenvalue weighted by Gasteiger charge is -2.18. The molecule has 7 heteroatoms. The van der Waals surface area contributed by atoms with Gasteiger partial charge in [0.05, 0.1) is 6.54 Å². The van der Waals surface area contributed by atoms with E-state index in [1.807, 2.05) is 6.07 Å². The van der Waals surface area contributed by atoms with Crippen molar-refractivity contribution in [3.05, 3.63) is 34.1 Å². The number of hydrogen-bond acceptors (Lipinski definition) is 2. The van der Waals surface area contributed by atoms with Crippen LogP contribution in [0.3, 0.4) is 0 Å². The summed E-state index contributed by atoms with van der Waals surface area (Å²) < 4.78 is 14.2. The van der Waals surface area contributed by atoms with Crippen LogP contribution in [0, 0.1) is 5.82 Å². The van der Waals surface area contributed by atoms with Gasteiger partial charge in [-0.15, -0.1) is 24.0 Å². The summed E-state index contributed by atoms with van der Waals surface area (Å²) >= 11 is 3.32. The van der Waals surface area contributed by atoms with Gasteiger partial charge < -0.3 is 10.6 Å². The molecule has 24 heavy (non-hydrogen) atoms. The van der Waals surface area contributed by atoms with Crippen molar-refractivity contribution < 1.29 is 4.39 Å². The highest BCUT2D eigenvalue weighted by atomic mass is 127. The first-order valence-electron chi connectivity index (χ1n) is 8.38. The molecule has 2 N–H and O–H groups in total. The van der Waals surface area contributed by atoms with Crippen molar-refractivity contribution in [2.75, 3.05) is 19.6 Å². The maximum absolute atomic E-state index is 13.4. The van der Waals surface area contributed by atoms with Crippen LogP contribution < -0.4 is 10.6 Å². The van der Waals surface area contributed by atoms with Gasteiger partial charge in [0.1, 0.15) is 5.82 Å². The average molecular weight is 511 g/mol. The van der Waals surface area contributed by atoms with Gasteiger partial charge >= 0.3 is 0 Å². The number of rotatable bonds is 5. The van der Waals surface area contributed by atoms with Crippen LogP contribution >= 0.6 is 39.9 Å². The Morgan fingerprint density at radius 2 is 2.12 bits per heavy atom. The molecule has 134 valence electrons. The number of benzene rings is 1. The highest BCUT2D eigenvalue weighted by molar-refractivity contribution is 14.0. The summed E-state index contributed by atoms with van der Waals surface area (Å²) in [5.74, 6) is 0.578. The summed E-state index contributed by atoms with van der Waals surface area (Å²) in [5.41, 5.74) is 0.861. The number of guanidine groups is 1. The van der Waals surface area contributed by atoms with E-state index >= 15 is 0 Å². The first-order chi connectivity index (χ1) is 11.1. The van der Waals surface area contributed by atoms with E-state index in [1.54, 1.807) is 0 Å². The third kappa shape index (κ3) is 5.84. The van der Waals surface area contributed by atoms with Gasteiger partial charge in [-0.25, -0.2) is 9.38 Å². The molecular formula is C17H25BrFIN4. The van der Waals surface area contributed by atoms with E-state index in [9.17, 15) is 4.39 Å². The fourth-order valence-corrected chi connectivity index (χ4v) is 3.58. The monoisotopic (exact) mass is 510 g/mol. The molecular weight excluding hydrogens is 486 g/mol. The van der Waals surface area contributed by atoms with Crippen molar-refractivity contribution >= 4 is 45.9 Å². The zero-order valence-corrected chi connectivity index (χ0v) is 17.8. The highest BCUT2D eigenvalue weighted by Gasteiger charge is 2.34. The van der Waals surface area contributed by atoms with Crippen LogP contribution in [0.4, 0.5) is 4.39 Å². The first-order valence-corrected chi connectivity index (χ1v) is 9.17. The van der Waals surface area contributed by atoms with Crippen molar-refractivity contribution in [2.24, 2.45) is 4.99 Å². The highest BCUT2D eigenvalue weighted by Crippen LogP contribution is 2.29. The molecule has 1 heterocycles. The average Bonchev–Trinajstić information content (AvgIpc) is 3.24. The van der Waals surface area contributed by atoms with Gasteiger partial charge in [-0.3, -0.25) is 4.90 Å². The molecule has 0 radical (unpaired) electrons. The van der Waals surface area contributed by atoms with E-state index in [2.05, 4.69) is 43.4 Å². The quantitative estimate of drug-likeness (QED) is 0.362. The third-order valence-corrected chi connectivity index (χ3v) is 4.77. The molecule has 2 fully saturated rings. The second-order valence-electron chi connectivity index (χ2n) is 6.33. The predicted octanol–water partition coefficient (Wildman–Crippen LogP) is 3.50. The van der Waals surface area contributed by atoms with Crippen LogP contribution in [-0.2, 0) is 6.54 Å². The minimum Gasteiger partial charge on any atom is -0.357 e. The van der Waals surface area contributed by atoms with Crippen molar-refractivity contribution in [2.45, 2.75) is 44.8 Å². The second-order valence-corrected chi connectivity index (χ2v) is 7.24.